The highest BCUT2D eigenvalue weighted by Crippen LogP contribution is 2.02. The molecule has 0 aliphatic carbocycles. The lowest BCUT2D eigenvalue weighted by atomic mass is 10.1. The van der Waals surface area contributed by atoms with E-state index in [1.165, 1.54) is 11.1 Å². The van der Waals surface area contributed by atoms with Gasteiger partial charge in [0.05, 0.1) is 0 Å². The molecular formula is C14H25P. The maximum atomic E-state index is 3.52. The van der Waals surface area contributed by atoms with E-state index in [-0.39, 0.29) is 0 Å². The van der Waals surface area contributed by atoms with Crippen molar-refractivity contribution >= 4 is 9.24 Å². The summed E-state index contributed by atoms with van der Waals surface area (Å²) in [6.45, 7) is 13.7. The molecule has 0 heterocycles. The molecular weight excluding hydrogens is 199 g/mol. The Morgan fingerprint density at radius 2 is 1.53 bits per heavy atom. The van der Waals surface area contributed by atoms with Crippen molar-refractivity contribution in [3.05, 3.63) is 47.3 Å². The summed E-state index contributed by atoms with van der Waals surface area (Å²) in [6.07, 6.45) is 1.14. The second-order valence-corrected chi connectivity index (χ2v) is 4.17. The van der Waals surface area contributed by atoms with E-state index in [1.54, 1.807) is 0 Å². The van der Waals surface area contributed by atoms with Gasteiger partial charge in [0, 0.05) is 0 Å². The van der Waals surface area contributed by atoms with Crippen LogP contribution in [-0.4, -0.2) is 0 Å². The maximum Gasteiger partial charge on any atom is -0.0307 e. The number of rotatable bonds is 1. The lowest BCUT2D eigenvalue weighted by Crippen LogP contribution is -1.77. The highest BCUT2D eigenvalue weighted by molar-refractivity contribution is 7.22. The summed E-state index contributed by atoms with van der Waals surface area (Å²) in [4.78, 5) is 0. The SMILES string of the molecule is C=C(C)P.CC.CCc1ccc(C)cc1. The molecule has 0 bridgehead atoms. The Kier molecular flexibility index (Phi) is 12.8. The van der Waals surface area contributed by atoms with Gasteiger partial charge in [-0.25, -0.2) is 0 Å². The van der Waals surface area contributed by atoms with Crippen LogP contribution in [0, 0.1) is 6.92 Å². The molecule has 0 saturated heterocycles. The predicted molar refractivity (Wildman–Crippen MR) is 76.4 cm³/mol. The topological polar surface area (TPSA) is 0 Å². The van der Waals surface area contributed by atoms with Crippen LogP contribution in [0.15, 0.2) is 36.2 Å². The normalized spacial score (nSPS) is 7.87. The van der Waals surface area contributed by atoms with Crippen LogP contribution < -0.4 is 0 Å². The van der Waals surface area contributed by atoms with Gasteiger partial charge in [-0.2, -0.15) is 0 Å². The third-order valence-corrected chi connectivity index (χ3v) is 1.53. The summed E-state index contributed by atoms with van der Waals surface area (Å²) in [7, 11) is 2.46. The summed E-state index contributed by atoms with van der Waals surface area (Å²) in [5.74, 6) is 0. The molecule has 0 spiro atoms. The second kappa shape index (κ2) is 11.5. The molecule has 0 amide bonds. The predicted octanol–water partition coefficient (Wildman–Crippen LogP) is 4.98. The van der Waals surface area contributed by atoms with Crippen molar-refractivity contribution in [1.29, 1.82) is 0 Å². The van der Waals surface area contributed by atoms with Crippen LogP contribution in [0.4, 0.5) is 0 Å². The van der Waals surface area contributed by atoms with E-state index < -0.39 is 0 Å². The highest BCUT2D eigenvalue weighted by atomic mass is 31.0. The van der Waals surface area contributed by atoms with Gasteiger partial charge in [0.1, 0.15) is 0 Å². The fraction of sp³-hybridized carbons (Fsp3) is 0.429. The summed E-state index contributed by atoms with van der Waals surface area (Å²) in [6, 6.07) is 8.66. The number of benzene rings is 1. The fourth-order valence-corrected chi connectivity index (χ4v) is 0.824. The quantitative estimate of drug-likeness (QED) is 0.590. The summed E-state index contributed by atoms with van der Waals surface area (Å²) < 4.78 is 0. The van der Waals surface area contributed by atoms with Gasteiger partial charge in [0.2, 0.25) is 0 Å². The summed E-state index contributed by atoms with van der Waals surface area (Å²) in [5, 5.41) is 1.08. The zero-order valence-electron chi connectivity index (χ0n) is 10.8. The van der Waals surface area contributed by atoms with E-state index in [9.17, 15) is 0 Å². The maximum absolute atomic E-state index is 3.52. The molecule has 0 fully saturated rings. The zero-order chi connectivity index (χ0) is 12.3. The van der Waals surface area contributed by atoms with Gasteiger partial charge in [-0.05, 0) is 25.8 Å². The van der Waals surface area contributed by atoms with Crippen LogP contribution in [0.1, 0.15) is 38.8 Å². The first-order chi connectivity index (χ1) is 7.06. The van der Waals surface area contributed by atoms with Crippen molar-refractivity contribution in [3.63, 3.8) is 0 Å². The Hall–Kier alpha value is -0.610. The van der Waals surface area contributed by atoms with E-state index in [0.29, 0.717) is 0 Å². The lowest BCUT2D eigenvalue weighted by Gasteiger charge is -1.94. The van der Waals surface area contributed by atoms with Crippen molar-refractivity contribution in [2.75, 3.05) is 0 Å². The molecule has 1 heteroatoms. The average Bonchev–Trinajstić information content (AvgIpc) is 2.21. The van der Waals surface area contributed by atoms with Gasteiger partial charge in [-0.1, -0.05) is 62.5 Å². The molecule has 0 nitrogen and oxygen atoms in total. The third kappa shape index (κ3) is 13.4. The third-order valence-electron chi connectivity index (χ3n) is 1.53. The van der Waals surface area contributed by atoms with E-state index in [2.05, 4.69) is 53.9 Å². The second-order valence-electron chi connectivity index (χ2n) is 3.19. The minimum absolute atomic E-state index is 1.08. The number of hydrogen-bond donors (Lipinski definition) is 0. The molecule has 1 atom stereocenters. The van der Waals surface area contributed by atoms with Crippen molar-refractivity contribution in [3.8, 4) is 0 Å². The van der Waals surface area contributed by atoms with E-state index in [1.807, 2.05) is 20.8 Å². The van der Waals surface area contributed by atoms with E-state index in [0.717, 1.165) is 11.7 Å². The number of allylic oxidation sites excluding steroid dienone is 1. The van der Waals surface area contributed by atoms with Crippen molar-refractivity contribution in [2.24, 2.45) is 0 Å². The molecule has 0 N–H and O–H groups in total. The first-order valence-corrected chi connectivity index (χ1v) is 6.10. The van der Waals surface area contributed by atoms with Gasteiger partial charge in [0.15, 0.2) is 0 Å². The van der Waals surface area contributed by atoms with Crippen LogP contribution in [-0.2, 0) is 6.42 Å². The van der Waals surface area contributed by atoms with Gasteiger partial charge >= 0.3 is 0 Å². The molecule has 0 aliphatic rings. The van der Waals surface area contributed by atoms with Crippen molar-refractivity contribution in [1.82, 2.24) is 0 Å². The summed E-state index contributed by atoms with van der Waals surface area (Å²) in [5.41, 5.74) is 2.76. The van der Waals surface area contributed by atoms with Crippen LogP contribution >= 0.6 is 9.24 Å². The molecule has 0 radical (unpaired) electrons. The van der Waals surface area contributed by atoms with Crippen LogP contribution in [0.3, 0.4) is 0 Å². The van der Waals surface area contributed by atoms with Gasteiger partial charge in [0.25, 0.3) is 0 Å². The molecule has 0 saturated carbocycles. The minimum Gasteiger partial charge on any atom is -0.111 e. The molecule has 1 unspecified atom stereocenters. The largest absolute Gasteiger partial charge is 0.111 e. The molecule has 1 rings (SSSR count). The molecule has 1 aromatic rings. The Labute approximate surface area is 98.0 Å². The van der Waals surface area contributed by atoms with Crippen LogP contribution in [0.2, 0.25) is 0 Å². The molecule has 0 aliphatic heterocycles. The van der Waals surface area contributed by atoms with Crippen LogP contribution in [0.25, 0.3) is 0 Å². The Bertz CT molecular complexity index is 243. The Morgan fingerprint density at radius 1 is 1.20 bits per heavy atom. The lowest BCUT2D eigenvalue weighted by molar-refractivity contribution is 1.14. The molecule has 1 aromatic carbocycles. The highest BCUT2D eigenvalue weighted by Gasteiger charge is 1.84. The fourth-order valence-electron chi connectivity index (χ4n) is 0.824. The smallest absolute Gasteiger partial charge is 0.0307 e. The number of aryl methyl sites for hydroxylation is 2. The average molecular weight is 224 g/mol. The standard InChI is InChI=1S/C9H12.C3H7P.C2H6/c1-3-9-6-4-8(2)5-7-9;1-3(2)4;1-2/h4-7H,3H2,1-2H3;1,4H2,2H3;1-2H3. The summed E-state index contributed by atoms with van der Waals surface area (Å²) >= 11 is 0. The Balaban J connectivity index is 0. The first-order valence-electron chi connectivity index (χ1n) is 5.52. The number of hydrogen-bond acceptors (Lipinski definition) is 0. The van der Waals surface area contributed by atoms with Gasteiger partial charge in [-0.3, -0.25) is 0 Å². The zero-order valence-corrected chi connectivity index (χ0v) is 12.0. The van der Waals surface area contributed by atoms with Gasteiger partial charge < -0.3 is 0 Å². The minimum atomic E-state index is 1.08. The monoisotopic (exact) mass is 224 g/mol. The van der Waals surface area contributed by atoms with Crippen molar-refractivity contribution < 1.29 is 0 Å². The molecule has 0 aromatic heterocycles. The van der Waals surface area contributed by atoms with E-state index >= 15 is 0 Å². The van der Waals surface area contributed by atoms with E-state index in [4.69, 9.17) is 0 Å². The van der Waals surface area contributed by atoms with Gasteiger partial charge in [-0.15, -0.1) is 9.24 Å². The molecule has 86 valence electrons. The molecule has 15 heavy (non-hydrogen) atoms. The van der Waals surface area contributed by atoms with Crippen molar-refractivity contribution in [2.45, 2.75) is 41.0 Å². The Morgan fingerprint density at radius 3 is 1.80 bits per heavy atom. The first kappa shape index (κ1) is 16.8. The van der Waals surface area contributed by atoms with Crippen LogP contribution in [0.5, 0.6) is 0 Å².